The zero-order valence-corrected chi connectivity index (χ0v) is 11.9. The summed E-state index contributed by atoms with van der Waals surface area (Å²) in [6.07, 6.45) is 0.879. The Kier molecular flexibility index (Phi) is 6.16. The number of anilines is 1. The Labute approximate surface area is 114 Å². The molecule has 1 aromatic carbocycles. The standard InChI is InChI=1S/C14H20ClNO2/c1-4-12-7-5-6-8-13(12)16(9-10-18-3)14(17)11(2)15/h5-8,11H,4,9-10H2,1-3H3. The highest BCUT2D eigenvalue weighted by atomic mass is 35.5. The molecule has 0 saturated carbocycles. The normalized spacial score (nSPS) is 12.2. The lowest BCUT2D eigenvalue weighted by atomic mass is 10.1. The van der Waals surface area contributed by atoms with Gasteiger partial charge in [-0.05, 0) is 25.0 Å². The molecule has 0 spiro atoms. The van der Waals surface area contributed by atoms with Crippen LogP contribution in [0.1, 0.15) is 19.4 Å². The van der Waals surface area contributed by atoms with Gasteiger partial charge < -0.3 is 9.64 Å². The van der Waals surface area contributed by atoms with Gasteiger partial charge in [-0.25, -0.2) is 0 Å². The van der Waals surface area contributed by atoms with E-state index in [1.807, 2.05) is 24.3 Å². The summed E-state index contributed by atoms with van der Waals surface area (Å²) in [5, 5.41) is -0.535. The minimum Gasteiger partial charge on any atom is -0.383 e. The highest BCUT2D eigenvalue weighted by molar-refractivity contribution is 6.32. The number of amides is 1. The van der Waals surface area contributed by atoms with Crippen LogP contribution in [0.3, 0.4) is 0 Å². The molecule has 0 N–H and O–H groups in total. The summed E-state index contributed by atoms with van der Waals surface area (Å²) in [6, 6.07) is 7.89. The molecule has 0 radical (unpaired) electrons. The van der Waals surface area contributed by atoms with E-state index in [4.69, 9.17) is 16.3 Å². The fraction of sp³-hybridized carbons (Fsp3) is 0.500. The molecule has 1 rings (SSSR count). The molecule has 1 unspecified atom stereocenters. The van der Waals surface area contributed by atoms with Crippen molar-refractivity contribution in [2.75, 3.05) is 25.2 Å². The minimum absolute atomic E-state index is 0.0883. The fourth-order valence-corrected chi connectivity index (χ4v) is 1.94. The van der Waals surface area contributed by atoms with Crippen LogP contribution in [0.25, 0.3) is 0 Å². The van der Waals surface area contributed by atoms with Crippen LogP contribution in [0.2, 0.25) is 0 Å². The molecule has 0 aromatic heterocycles. The third-order valence-electron chi connectivity index (χ3n) is 2.79. The number of aryl methyl sites for hydroxylation is 1. The Morgan fingerprint density at radius 2 is 2.11 bits per heavy atom. The van der Waals surface area contributed by atoms with Gasteiger partial charge in [-0.2, -0.15) is 0 Å². The van der Waals surface area contributed by atoms with Gasteiger partial charge in [0.15, 0.2) is 0 Å². The number of carbonyl (C=O) groups excluding carboxylic acids is 1. The summed E-state index contributed by atoms with van der Waals surface area (Å²) in [5.74, 6) is -0.0883. The van der Waals surface area contributed by atoms with Gasteiger partial charge in [0, 0.05) is 19.3 Å². The molecule has 4 heteroatoms. The molecular formula is C14H20ClNO2. The largest absolute Gasteiger partial charge is 0.383 e. The van der Waals surface area contributed by atoms with Gasteiger partial charge in [0.25, 0.3) is 0 Å². The van der Waals surface area contributed by atoms with Gasteiger partial charge in [0.1, 0.15) is 5.38 Å². The second-order valence-electron chi connectivity index (χ2n) is 4.08. The lowest BCUT2D eigenvalue weighted by molar-refractivity contribution is -0.118. The molecule has 3 nitrogen and oxygen atoms in total. The second kappa shape index (κ2) is 7.39. The van der Waals surface area contributed by atoms with Gasteiger partial charge >= 0.3 is 0 Å². The lowest BCUT2D eigenvalue weighted by Crippen LogP contribution is -2.38. The number of para-hydroxylation sites is 1. The maximum absolute atomic E-state index is 12.2. The molecule has 1 aromatic rings. The van der Waals surface area contributed by atoms with Crippen molar-refractivity contribution < 1.29 is 9.53 Å². The first-order valence-corrected chi connectivity index (χ1v) is 6.57. The first-order valence-electron chi connectivity index (χ1n) is 6.14. The monoisotopic (exact) mass is 269 g/mol. The average molecular weight is 270 g/mol. The lowest BCUT2D eigenvalue weighted by Gasteiger charge is -2.25. The highest BCUT2D eigenvalue weighted by Gasteiger charge is 2.21. The number of nitrogens with zero attached hydrogens (tertiary/aromatic N) is 1. The van der Waals surface area contributed by atoms with E-state index in [1.165, 1.54) is 0 Å². The number of rotatable bonds is 6. The van der Waals surface area contributed by atoms with Crippen molar-refractivity contribution >= 4 is 23.2 Å². The average Bonchev–Trinajstić information content (AvgIpc) is 2.39. The summed E-state index contributed by atoms with van der Waals surface area (Å²) in [4.78, 5) is 13.9. The van der Waals surface area contributed by atoms with Crippen LogP contribution in [0.15, 0.2) is 24.3 Å². The van der Waals surface area contributed by atoms with E-state index in [9.17, 15) is 4.79 Å². The molecule has 1 atom stereocenters. The fourth-order valence-electron chi connectivity index (χ4n) is 1.82. The molecule has 1 amide bonds. The zero-order valence-electron chi connectivity index (χ0n) is 11.1. The molecule has 0 saturated heterocycles. The quantitative estimate of drug-likeness (QED) is 0.743. The van der Waals surface area contributed by atoms with E-state index in [0.29, 0.717) is 13.2 Å². The predicted molar refractivity (Wildman–Crippen MR) is 75.4 cm³/mol. The summed E-state index contributed by atoms with van der Waals surface area (Å²) < 4.78 is 5.06. The number of benzene rings is 1. The third kappa shape index (κ3) is 3.72. The van der Waals surface area contributed by atoms with Crippen LogP contribution in [-0.2, 0) is 16.0 Å². The van der Waals surface area contributed by atoms with Gasteiger partial charge in [-0.15, -0.1) is 11.6 Å². The van der Waals surface area contributed by atoms with Gasteiger partial charge in [-0.3, -0.25) is 4.79 Å². The van der Waals surface area contributed by atoms with Crippen LogP contribution < -0.4 is 4.90 Å². The Morgan fingerprint density at radius 3 is 2.67 bits per heavy atom. The van der Waals surface area contributed by atoms with E-state index in [-0.39, 0.29) is 5.91 Å². The van der Waals surface area contributed by atoms with Crippen molar-refractivity contribution in [3.05, 3.63) is 29.8 Å². The molecule has 18 heavy (non-hydrogen) atoms. The number of methoxy groups -OCH3 is 1. The van der Waals surface area contributed by atoms with Crippen molar-refractivity contribution in [3.8, 4) is 0 Å². The molecule has 0 bridgehead atoms. The van der Waals surface area contributed by atoms with Crippen LogP contribution in [0.5, 0.6) is 0 Å². The highest BCUT2D eigenvalue weighted by Crippen LogP contribution is 2.22. The van der Waals surface area contributed by atoms with Crippen LogP contribution in [0.4, 0.5) is 5.69 Å². The Morgan fingerprint density at radius 1 is 1.44 bits per heavy atom. The molecule has 100 valence electrons. The van der Waals surface area contributed by atoms with E-state index in [2.05, 4.69) is 6.92 Å². The van der Waals surface area contributed by atoms with Gasteiger partial charge in [0.2, 0.25) is 5.91 Å². The molecule has 0 aliphatic heterocycles. The zero-order chi connectivity index (χ0) is 13.5. The number of hydrogen-bond acceptors (Lipinski definition) is 2. The summed E-state index contributed by atoms with van der Waals surface area (Å²) in [5.41, 5.74) is 2.06. The van der Waals surface area contributed by atoms with Crippen LogP contribution in [-0.4, -0.2) is 31.5 Å². The Hall–Kier alpha value is -1.06. The molecular weight excluding hydrogens is 250 g/mol. The summed E-state index contributed by atoms with van der Waals surface area (Å²) in [7, 11) is 1.62. The molecule has 0 aliphatic rings. The van der Waals surface area contributed by atoms with Crippen molar-refractivity contribution in [2.45, 2.75) is 25.6 Å². The summed E-state index contributed by atoms with van der Waals surface area (Å²) >= 11 is 5.92. The predicted octanol–water partition coefficient (Wildman–Crippen LogP) is 2.86. The van der Waals surface area contributed by atoms with Crippen LogP contribution >= 0.6 is 11.6 Å². The number of alkyl halides is 1. The van der Waals surface area contributed by atoms with E-state index in [1.54, 1.807) is 18.9 Å². The first kappa shape index (κ1) is 15.0. The van der Waals surface area contributed by atoms with Gasteiger partial charge in [0.05, 0.1) is 6.61 Å². The number of hydrogen-bond donors (Lipinski definition) is 0. The number of carbonyl (C=O) groups is 1. The minimum atomic E-state index is -0.535. The van der Waals surface area contributed by atoms with Crippen LogP contribution in [0, 0.1) is 0 Å². The van der Waals surface area contributed by atoms with Gasteiger partial charge in [-0.1, -0.05) is 25.1 Å². The van der Waals surface area contributed by atoms with Crippen molar-refractivity contribution in [1.82, 2.24) is 0 Å². The van der Waals surface area contributed by atoms with E-state index >= 15 is 0 Å². The van der Waals surface area contributed by atoms with Crippen molar-refractivity contribution in [1.29, 1.82) is 0 Å². The Bertz CT molecular complexity index is 393. The van der Waals surface area contributed by atoms with Crippen molar-refractivity contribution in [3.63, 3.8) is 0 Å². The van der Waals surface area contributed by atoms with E-state index in [0.717, 1.165) is 17.7 Å². The topological polar surface area (TPSA) is 29.5 Å². The first-order chi connectivity index (χ1) is 8.61. The molecule has 0 heterocycles. The number of ether oxygens (including phenoxy) is 1. The summed E-state index contributed by atoms with van der Waals surface area (Å²) in [6.45, 7) is 4.77. The van der Waals surface area contributed by atoms with Crippen molar-refractivity contribution in [2.24, 2.45) is 0 Å². The number of halogens is 1. The maximum Gasteiger partial charge on any atom is 0.244 e. The molecule has 0 fully saturated rings. The smallest absolute Gasteiger partial charge is 0.244 e. The SMILES string of the molecule is CCc1ccccc1N(CCOC)C(=O)C(C)Cl. The molecule has 0 aliphatic carbocycles. The Balaban J connectivity index is 3.04. The third-order valence-corrected chi connectivity index (χ3v) is 2.98. The van der Waals surface area contributed by atoms with E-state index < -0.39 is 5.38 Å². The second-order valence-corrected chi connectivity index (χ2v) is 4.74. The maximum atomic E-state index is 12.2.